The number of likely N-dealkylation sites (N-methyl/N-ethyl adjacent to an activating group) is 2. The van der Waals surface area contributed by atoms with Gasteiger partial charge in [0.25, 0.3) is 0 Å². The van der Waals surface area contributed by atoms with Gasteiger partial charge in [-0.15, -0.1) is 11.3 Å². The van der Waals surface area contributed by atoms with Crippen molar-refractivity contribution in [2.75, 3.05) is 32.5 Å². The van der Waals surface area contributed by atoms with Crippen LogP contribution in [0.15, 0.2) is 29.2 Å². The molecule has 0 unspecified atom stereocenters. The van der Waals surface area contributed by atoms with Crippen LogP contribution in [-0.4, -0.2) is 55.7 Å². The van der Waals surface area contributed by atoms with Crippen molar-refractivity contribution < 1.29 is 13.2 Å². The van der Waals surface area contributed by atoms with Crippen LogP contribution in [0.4, 0.5) is 5.13 Å². The van der Waals surface area contributed by atoms with Crippen LogP contribution < -0.4 is 5.32 Å². The summed E-state index contributed by atoms with van der Waals surface area (Å²) in [5.74, 6) is -0.426. The Morgan fingerprint density at radius 3 is 2.77 bits per heavy atom. The van der Waals surface area contributed by atoms with E-state index in [4.69, 9.17) is 11.6 Å². The summed E-state index contributed by atoms with van der Waals surface area (Å²) in [4.78, 5) is 20.1. The summed E-state index contributed by atoms with van der Waals surface area (Å²) in [6.07, 6.45) is 0.850. The number of fused-ring (bicyclic) bond motifs is 1. The Morgan fingerprint density at radius 2 is 2.08 bits per heavy atom. The number of halogens is 1. The van der Waals surface area contributed by atoms with E-state index in [0.717, 1.165) is 34.4 Å². The fraction of sp³-hybridized carbons (Fsp3) is 0.375. The van der Waals surface area contributed by atoms with E-state index < -0.39 is 15.9 Å². The first-order valence-electron chi connectivity index (χ1n) is 7.94. The number of carbonyl (C=O) groups is 1. The van der Waals surface area contributed by atoms with E-state index in [0.29, 0.717) is 10.2 Å². The summed E-state index contributed by atoms with van der Waals surface area (Å²) >= 11 is 7.22. The minimum Gasteiger partial charge on any atom is -0.301 e. The van der Waals surface area contributed by atoms with Gasteiger partial charge in [-0.25, -0.2) is 13.4 Å². The lowest BCUT2D eigenvalue weighted by Crippen LogP contribution is -2.34. The Balaban J connectivity index is 1.65. The molecule has 0 saturated heterocycles. The fourth-order valence-corrected chi connectivity index (χ4v) is 4.97. The van der Waals surface area contributed by atoms with E-state index in [9.17, 15) is 13.2 Å². The Hall–Kier alpha value is -1.52. The molecule has 0 saturated carbocycles. The summed E-state index contributed by atoms with van der Waals surface area (Å²) in [5.41, 5.74) is 1.01. The largest absolute Gasteiger partial charge is 0.301 e. The highest BCUT2D eigenvalue weighted by Gasteiger charge is 2.24. The number of hydrogen-bond donors (Lipinski definition) is 1. The molecular formula is C16H19ClN4O3S2. The molecule has 1 N–H and O–H groups in total. The van der Waals surface area contributed by atoms with E-state index in [1.165, 1.54) is 42.6 Å². The van der Waals surface area contributed by atoms with Gasteiger partial charge in [0, 0.05) is 36.5 Å². The average Bonchev–Trinajstić information content (AvgIpc) is 2.96. The molecule has 7 nitrogen and oxygen atoms in total. The number of sulfonamides is 1. The molecule has 0 aliphatic carbocycles. The lowest BCUT2D eigenvalue weighted by Gasteiger charge is -2.20. The van der Waals surface area contributed by atoms with Crippen LogP contribution in [-0.2, 0) is 27.8 Å². The Morgan fingerprint density at radius 1 is 1.38 bits per heavy atom. The Bertz CT molecular complexity index is 912. The van der Waals surface area contributed by atoms with Crippen LogP contribution in [0.1, 0.15) is 10.6 Å². The first-order valence-corrected chi connectivity index (χ1v) is 10.6. The van der Waals surface area contributed by atoms with Crippen LogP contribution in [0.25, 0.3) is 0 Å². The van der Waals surface area contributed by atoms with Gasteiger partial charge < -0.3 is 10.2 Å². The molecule has 10 heteroatoms. The summed E-state index contributed by atoms with van der Waals surface area (Å²) < 4.78 is 26.0. The molecule has 1 aromatic carbocycles. The highest BCUT2D eigenvalue weighted by Crippen LogP contribution is 2.27. The van der Waals surface area contributed by atoms with Gasteiger partial charge in [0.05, 0.1) is 17.1 Å². The van der Waals surface area contributed by atoms with E-state index in [1.807, 2.05) is 7.05 Å². The van der Waals surface area contributed by atoms with Crippen LogP contribution in [0, 0.1) is 0 Å². The lowest BCUT2D eigenvalue weighted by molar-refractivity contribution is -0.116. The summed E-state index contributed by atoms with van der Waals surface area (Å²) in [7, 11) is -0.357. The molecule has 1 aromatic heterocycles. The van der Waals surface area contributed by atoms with Crippen LogP contribution in [0.3, 0.4) is 0 Å². The van der Waals surface area contributed by atoms with E-state index in [-0.39, 0.29) is 11.4 Å². The van der Waals surface area contributed by atoms with E-state index in [1.54, 1.807) is 0 Å². The molecule has 1 amide bonds. The molecule has 1 aliphatic heterocycles. The SMILES string of the molecule is CN1CCc2nc(NC(=O)CN(C)S(=O)(=O)c3ccc(Cl)cc3)sc2C1. The van der Waals surface area contributed by atoms with Gasteiger partial charge >= 0.3 is 0 Å². The maximum atomic E-state index is 12.5. The standard InChI is InChI=1S/C16H19ClN4O3S2/c1-20-8-7-13-14(9-20)25-16(18-13)19-15(22)10-21(2)26(23,24)12-5-3-11(17)4-6-12/h3-6H,7-10H2,1-2H3,(H,18,19,22). The number of anilines is 1. The first kappa shape index (κ1) is 19.2. The average molecular weight is 415 g/mol. The third-order valence-corrected chi connectivity index (χ3v) is 7.12. The molecule has 0 fully saturated rings. The zero-order chi connectivity index (χ0) is 18.9. The van der Waals surface area contributed by atoms with E-state index in [2.05, 4.69) is 15.2 Å². The summed E-state index contributed by atoms with van der Waals surface area (Å²) in [6, 6.07) is 5.83. The van der Waals surface area contributed by atoms with Crippen molar-refractivity contribution in [2.45, 2.75) is 17.9 Å². The molecule has 2 heterocycles. The van der Waals surface area contributed by atoms with Gasteiger partial charge in [-0.05, 0) is 31.3 Å². The Labute approximate surface area is 161 Å². The monoisotopic (exact) mass is 414 g/mol. The topological polar surface area (TPSA) is 82.6 Å². The predicted octanol–water partition coefficient (Wildman–Crippen LogP) is 2.04. The first-order chi connectivity index (χ1) is 12.3. The predicted molar refractivity (Wildman–Crippen MR) is 102 cm³/mol. The molecule has 26 heavy (non-hydrogen) atoms. The van der Waals surface area contributed by atoms with Crippen molar-refractivity contribution in [3.8, 4) is 0 Å². The second kappa shape index (κ2) is 7.61. The van der Waals surface area contributed by atoms with Crippen LogP contribution in [0.2, 0.25) is 5.02 Å². The zero-order valence-corrected chi connectivity index (χ0v) is 16.8. The van der Waals surface area contributed by atoms with E-state index >= 15 is 0 Å². The lowest BCUT2D eigenvalue weighted by atomic mass is 10.2. The van der Waals surface area contributed by atoms with Gasteiger partial charge in [0.1, 0.15) is 0 Å². The normalized spacial score (nSPS) is 15.1. The van der Waals surface area contributed by atoms with Crippen molar-refractivity contribution in [3.05, 3.63) is 39.9 Å². The van der Waals surface area contributed by atoms with Crippen LogP contribution in [0.5, 0.6) is 0 Å². The fourth-order valence-electron chi connectivity index (χ4n) is 2.61. The third kappa shape index (κ3) is 4.24. The van der Waals surface area contributed by atoms with Gasteiger partial charge in [-0.2, -0.15) is 4.31 Å². The molecule has 0 spiro atoms. The van der Waals surface area contributed by atoms with Gasteiger partial charge in [-0.1, -0.05) is 11.6 Å². The number of nitrogens with one attached hydrogen (secondary N) is 1. The van der Waals surface area contributed by atoms with Crippen molar-refractivity contribution in [1.82, 2.24) is 14.2 Å². The minimum atomic E-state index is -3.76. The molecule has 140 valence electrons. The van der Waals surface area contributed by atoms with Gasteiger partial charge in [-0.3, -0.25) is 4.79 Å². The quantitative estimate of drug-likeness (QED) is 0.809. The summed E-state index contributed by atoms with van der Waals surface area (Å²) in [6.45, 7) is 1.45. The van der Waals surface area contributed by atoms with Crippen molar-refractivity contribution in [2.24, 2.45) is 0 Å². The molecule has 0 radical (unpaired) electrons. The molecule has 1 aliphatic rings. The number of benzene rings is 1. The van der Waals surface area contributed by atoms with Gasteiger partial charge in [0.15, 0.2) is 5.13 Å². The van der Waals surface area contributed by atoms with Crippen LogP contribution >= 0.6 is 22.9 Å². The minimum absolute atomic E-state index is 0.0879. The van der Waals surface area contributed by atoms with Crippen molar-refractivity contribution in [1.29, 1.82) is 0 Å². The number of aromatic nitrogens is 1. The molecule has 3 rings (SSSR count). The Kier molecular flexibility index (Phi) is 5.64. The molecule has 0 bridgehead atoms. The highest BCUT2D eigenvalue weighted by molar-refractivity contribution is 7.89. The number of thiazole rings is 1. The highest BCUT2D eigenvalue weighted by atomic mass is 35.5. The van der Waals surface area contributed by atoms with Gasteiger partial charge in [0.2, 0.25) is 15.9 Å². The molecule has 2 aromatic rings. The maximum absolute atomic E-state index is 12.5. The smallest absolute Gasteiger partial charge is 0.243 e. The molecular weight excluding hydrogens is 396 g/mol. The second-order valence-corrected chi connectivity index (χ2v) is 9.70. The summed E-state index contributed by atoms with van der Waals surface area (Å²) in [5, 5.41) is 3.65. The van der Waals surface area contributed by atoms with Crippen molar-refractivity contribution in [3.63, 3.8) is 0 Å². The third-order valence-electron chi connectivity index (χ3n) is 4.06. The van der Waals surface area contributed by atoms with Crippen molar-refractivity contribution >= 4 is 44.0 Å². The maximum Gasteiger partial charge on any atom is 0.243 e. The number of carbonyl (C=O) groups excluding carboxylic acids is 1. The zero-order valence-electron chi connectivity index (χ0n) is 14.4. The number of hydrogen-bond acceptors (Lipinski definition) is 6. The second-order valence-electron chi connectivity index (χ2n) is 6.14. The number of amides is 1. The number of nitrogens with zero attached hydrogens (tertiary/aromatic N) is 3. The number of rotatable bonds is 5. The molecule has 0 atom stereocenters.